The van der Waals surface area contributed by atoms with E-state index in [4.69, 9.17) is 0 Å². The third kappa shape index (κ3) is 2.94. The zero-order chi connectivity index (χ0) is 12.3. The molecule has 0 spiro atoms. The Morgan fingerprint density at radius 1 is 1.29 bits per heavy atom. The number of aromatic nitrogens is 2. The van der Waals surface area contributed by atoms with Gasteiger partial charge in [0.2, 0.25) is 0 Å². The Balaban J connectivity index is 2.07. The SMILES string of the molecule is CCc1cc(NN2C(C)CCCC2C)ncn1. The Morgan fingerprint density at radius 3 is 2.65 bits per heavy atom. The van der Waals surface area contributed by atoms with Crippen LogP contribution in [0.5, 0.6) is 0 Å². The second kappa shape index (κ2) is 5.45. The van der Waals surface area contributed by atoms with E-state index in [1.165, 1.54) is 19.3 Å². The molecule has 2 rings (SSSR count). The summed E-state index contributed by atoms with van der Waals surface area (Å²) in [6, 6.07) is 3.17. The molecule has 0 saturated carbocycles. The molecule has 1 N–H and O–H groups in total. The van der Waals surface area contributed by atoms with Crippen LogP contribution in [0.2, 0.25) is 0 Å². The third-order valence-corrected chi connectivity index (χ3v) is 3.52. The van der Waals surface area contributed by atoms with Crippen molar-refractivity contribution in [2.24, 2.45) is 0 Å². The van der Waals surface area contributed by atoms with E-state index in [9.17, 15) is 0 Å². The molecule has 4 nitrogen and oxygen atoms in total. The van der Waals surface area contributed by atoms with Crippen LogP contribution >= 0.6 is 0 Å². The van der Waals surface area contributed by atoms with Crippen LogP contribution in [0.1, 0.15) is 45.7 Å². The van der Waals surface area contributed by atoms with Gasteiger partial charge in [0.1, 0.15) is 12.1 Å². The molecule has 1 saturated heterocycles. The summed E-state index contributed by atoms with van der Waals surface area (Å²) in [5.74, 6) is 0.914. The predicted molar refractivity (Wildman–Crippen MR) is 69.6 cm³/mol. The second-order valence-electron chi connectivity index (χ2n) is 4.90. The summed E-state index contributed by atoms with van der Waals surface area (Å²) in [6.45, 7) is 6.65. The first-order valence-corrected chi connectivity index (χ1v) is 6.56. The first-order valence-electron chi connectivity index (χ1n) is 6.56. The molecule has 2 unspecified atom stereocenters. The number of rotatable bonds is 3. The molecule has 1 aliphatic heterocycles. The molecule has 2 atom stereocenters. The number of piperidine rings is 1. The summed E-state index contributed by atoms with van der Waals surface area (Å²) in [4.78, 5) is 8.51. The first-order chi connectivity index (χ1) is 8.20. The fourth-order valence-corrected chi connectivity index (χ4v) is 2.43. The summed E-state index contributed by atoms with van der Waals surface area (Å²) < 4.78 is 0. The van der Waals surface area contributed by atoms with Gasteiger partial charge in [0, 0.05) is 23.8 Å². The van der Waals surface area contributed by atoms with Crippen LogP contribution in [-0.2, 0) is 6.42 Å². The van der Waals surface area contributed by atoms with Gasteiger partial charge in [-0.15, -0.1) is 0 Å². The van der Waals surface area contributed by atoms with Gasteiger partial charge >= 0.3 is 0 Å². The topological polar surface area (TPSA) is 41.0 Å². The highest BCUT2D eigenvalue weighted by Gasteiger charge is 2.24. The molecule has 4 heteroatoms. The van der Waals surface area contributed by atoms with Crippen molar-refractivity contribution in [2.45, 2.75) is 58.5 Å². The lowest BCUT2D eigenvalue weighted by Gasteiger charge is -2.39. The van der Waals surface area contributed by atoms with E-state index < -0.39 is 0 Å². The molecule has 2 heterocycles. The number of hydrogen-bond donors (Lipinski definition) is 1. The van der Waals surface area contributed by atoms with Crippen LogP contribution < -0.4 is 5.43 Å². The van der Waals surface area contributed by atoms with Crippen molar-refractivity contribution in [3.63, 3.8) is 0 Å². The van der Waals surface area contributed by atoms with Crippen molar-refractivity contribution in [1.29, 1.82) is 0 Å². The van der Waals surface area contributed by atoms with Gasteiger partial charge in [-0.25, -0.2) is 15.0 Å². The molecule has 1 aliphatic rings. The van der Waals surface area contributed by atoms with Gasteiger partial charge in [0.15, 0.2) is 0 Å². The molecule has 1 aromatic rings. The maximum absolute atomic E-state index is 4.29. The van der Waals surface area contributed by atoms with E-state index in [2.05, 4.69) is 41.2 Å². The second-order valence-corrected chi connectivity index (χ2v) is 4.90. The highest BCUT2D eigenvalue weighted by molar-refractivity contribution is 5.34. The summed E-state index contributed by atoms with van der Waals surface area (Å²) in [5, 5.41) is 2.32. The summed E-state index contributed by atoms with van der Waals surface area (Å²) in [7, 11) is 0. The minimum atomic E-state index is 0.568. The molecule has 94 valence electrons. The number of anilines is 1. The van der Waals surface area contributed by atoms with E-state index in [0.717, 1.165) is 17.9 Å². The number of hydrazine groups is 1. The van der Waals surface area contributed by atoms with Crippen molar-refractivity contribution >= 4 is 5.82 Å². The van der Waals surface area contributed by atoms with Crippen LogP contribution in [-0.4, -0.2) is 27.1 Å². The summed E-state index contributed by atoms with van der Waals surface area (Å²) >= 11 is 0. The fourth-order valence-electron chi connectivity index (χ4n) is 2.43. The normalized spacial score (nSPS) is 25.8. The Labute approximate surface area is 103 Å². The zero-order valence-electron chi connectivity index (χ0n) is 11.0. The average Bonchev–Trinajstić information content (AvgIpc) is 2.34. The standard InChI is InChI=1S/C13H22N4/c1-4-12-8-13(15-9-14-12)16-17-10(2)6-5-7-11(17)3/h8-11H,4-7H2,1-3H3,(H,14,15,16). The molecular formula is C13H22N4. The Morgan fingerprint density at radius 2 is 2.00 bits per heavy atom. The molecular weight excluding hydrogens is 212 g/mol. The van der Waals surface area contributed by atoms with Gasteiger partial charge in [-0.05, 0) is 33.1 Å². The quantitative estimate of drug-likeness (QED) is 0.873. The minimum Gasteiger partial charge on any atom is -0.302 e. The molecule has 0 bridgehead atoms. The van der Waals surface area contributed by atoms with Gasteiger partial charge in [0.25, 0.3) is 0 Å². The van der Waals surface area contributed by atoms with Gasteiger partial charge < -0.3 is 5.43 Å². The number of nitrogens with zero attached hydrogens (tertiary/aromatic N) is 3. The lowest BCUT2D eigenvalue weighted by atomic mass is 10.00. The van der Waals surface area contributed by atoms with Crippen molar-refractivity contribution in [3.05, 3.63) is 18.1 Å². The van der Waals surface area contributed by atoms with E-state index in [0.29, 0.717) is 12.1 Å². The van der Waals surface area contributed by atoms with Gasteiger partial charge in [-0.3, -0.25) is 0 Å². The molecule has 17 heavy (non-hydrogen) atoms. The van der Waals surface area contributed by atoms with Crippen molar-refractivity contribution in [3.8, 4) is 0 Å². The Bertz CT molecular complexity index is 356. The lowest BCUT2D eigenvalue weighted by Crippen LogP contribution is -2.47. The molecule has 0 radical (unpaired) electrons. The fraction of sp³-hybridized carbons (Fsp3) is 0.692. The Hall–Kier alpha value is -1.16. The predicted octanol–water partition coefficient (Wildman–Crippen LogP) is 2.63. The number of hydrogen-bond acceptors (Lipinski definition) is 4. The van der Waals surface area contributed by atoms with Gasteiger partial charge in [-0.1, -0.05) is 13.3 Å². The van der Waals surface area contributed by atoms with Crippen LogP contribution in [0.3, 0.4) is 0 Å². The molecule has 0 amide bonds. The van der Waals surface area contributed by atoms with Gasteiger partial charge in [0.05, 0.1) is 0 Å². The molecule has 0 aliphatic carbocycles. The zero-order valence-corrected chi connectivity index (χ0v) is 11.0. The highest BCUT2D eigenvalue weighted by atomic mass is 15.5. The largest absolute Gasteiger partial charge is 0.302 e. The molecule has 1 fully saturated rings. The van der Waals surface area contributed by atoms with E-state index in [1.54, 1.807) is 6.33 Å². The van der Waals surface area contributed by atoms with Crippen LogP contribution in [0.4, 0.5) is 5.82 Å². The van der Waals surface area contributed by atoms with E-state index in [1.807, 2.05) is 6.07 Å². The van der Waals surface area contributed by atoms with Crippen molar-refractivity contribution < 1.29 is 0 Å². The molecule has 1 aromatic heterocycles. The highest BCUT2D eigenvalue weighted by Crippen LogP contribution is 2.22. The van der Waals surface area contributed by atoms with Crippen molar-refractivity contribution in [2.75, 3.05) is 5.43 Å². The third-order valence-electron chi connectivity index (χ3n) is 3.52. The number of nitrogens with one attached hydrogen (secondary N) is 1. The van der Waals surface area contributed by atoms with Crippen LogP contribution in [0, 0.1) is 0 Å². The average molecular weight is 234 g/mol. The lowest BCUT2D eigenvalue weighted by molar-refractivity contribution is 0.135. The first kappa shape index (κ1) is 12.3. The van der Waals surface area contributed by atoms with Crippen molar-refractivity contribution in [1.82, 2.24) is 15.0 Å². The molecule has 0 aromatic carbocycles. The van der Waals surface area contributed by atoms with Gasteiger partial charge in [-0.2, -0.15) is 0 Å². The monoisotopic (exact) mass is 234 g/mol. The van der Waals surface area contributed by atoms with Crippen LogP contribution in [0.15, 0.2) is 12.4 Å². The summed E-state index contributed by atoms with van der Waals surface area (Å²) in [5.41, 5.74) is 4.52. The van der Waals surface area contributed by atoms with E-state index in [-0.39, 0.29) is 0 Å². The Kier molecular flexibility index (Phi) is 3.94. The number of aryl methyl sites for hydroxylation is 1. The van der Waals surface area contributed by atoms with Crippen LogP contribution in [0.25, 0.3) is 0 Å². The summed E-state index contributed by atoms with van der Waals surface area (Å²) in [6.07, 6.45) is 6.42. The minimum absolute atomic E-state index is 0.568. The smallest absolute Gasteiger partial charge is 0.143 e. The maximum Gasteiger partial charge on any atom is 0.143 e. The van der Waals surface area contributed by atoms with E-state index >= 15 is 0 Å². The maximum atomic E-state index is 4.29.